The maximum Gasteiger partial charge on any atom is 0.344 e. The predicted octanol–water partition coefficient (Wildman–Crippen LogP) is 4.18. The van der Waals surface area contributed by atoms with Crippen LogP contribution in [0.3, 0.4) is 0 Å². The maximum absolute atomic E-state index is 12.9. The Kier molecular flexibility index (Phi) is 8.30. The van der Waals surface area contributed by atoms with Gasteiger partial charge in [-0.3, -0.25) is 15.0 Å². The van der Waals surface area contributed by atoms with E-state index in [1.807, 2.05) is 19.1 Å². The van der Waals surface area contributed by atoms with Crippen LogP contribution in [0.1, 0.15) is 41.8 Å². The lowest BCUT2D eigenvalue weighted by Crippen LogP contribution is -2.44. The Bertz CT molecular complexity index is 1150. The molecule has 2 amide bonds. The highest BCUT2D eigenvalue weighted by molar-refractivity contribution is 8.26. The minimum Gasteiger partial charge on any atom is -0.490 e. The van der Waals surface area contributed by atoms with Crippen molar-refractivity contribution in [3.63, 3.8) is 0 Å². The lowest BCUT2D eigenvalue weighted by atomic mass is 10.1. The van der Waals surface area contributed by atoms with Crippen molar-refractivity contribution in [2.45, 2.75) is 33.3 Å². The molecule has 1 aliphatic rings. The minimum absolute atomic E-state index is 0.203. The summed E-state index contributed by atoms with van der Waals surface area (Å²) in [6.07, 6.45) is 0.913. The quantitative estimate of drug-likeness (QED) is 0.390. The van der Waals surface area contributed by atoms with Crippen molar-refractivity contribution in [1.29, 1.82) is 0 Å². The Morgan fingerprint density at radius 3 is 2.50 bits per heavy atom. The Hall–Kier alpha value is -3.37. The van der Waals surface area contributed by atoms with Crippen LogP contribution in [0, 0.1) is 6.92 Å². The molecule has 1 unspecified atom stereocenters. The van der Waals surface area contributed by atoms with Crippen LogP contribution in [0.15, 0.2) is 47.4 Å². The molecule has 1 aliphatic heterocycles. The third-order valence-corrected chi connectivity index (χ3v) is 6.10. The second-order valence-electron chi connectivity index (χ2n) is 7.32. The van der Waals surface area contributed by atoms with Crippen molar-refractivity contribution in [3.8, 4) is 11.5 Å². The highest BCUT2D eigenvalue weighted by Crippen LogP contribution is 2.34. The number of ether oxygens (including phenoxy) is 2. The molecule has 178 valence electrons. The van der Waals surface area contributed by atoms with E-state index in [2.05, 4.69) is 5.43 Å². The van der Waals surface area contributed by atoms with Gasteiger partial charge in [0.25, 0.3) is 11.8 Å². The molecule has 1 fully saturated rings. The number of carboxylic acids is 1. The number of hydrogen-bond donors (Lipinski definition) is 2. The van der Waals surface area contributed by atoms with E-state index in [1.54, 1.807) is 50.3 Å². The Morgan fingerprint density at radius 1 is 1.18 bits per heavy atom. The van der Waals surface area contributed by atoms with E-state index in [1.165, 1.54) is 0 Å². The first-order valence-electron chi connectivity index (χ1n) is 10.5. The third-order valence-electron chi connectivity index (χ3n) is 4.80. The van der Waals surface area contributed by atoms with Crippen LogP contribution >= 0.6 is 24.0 Å². The van der Waals surface area contributed by atoms with Crippen molar-refractivity contribution in [1.82, 2.24) is 10.4 Å². The third kappa shape index (κ3) is 5.95. The normalized spacial score (nSPS) is 15.4. The molecule has 2 N–H and O–H groups in total. The van der Waals surface area contributed by atoms with E-state index in [0.717, 1.165) is 22.3 Å². The van der Waals surface area contributed by atoms with Crippen LogP contribution in [0.4, 0.5) is 0 Å². The van der Waals surface area contributed by atoms with Crippen molar-refractivity contribution in [2.75, 3.05) is 6.61 Å². The lowest BCUT2D eigenvalue weighted by molar-refractivity contribution is -0.145. The van der Waals surface area contributed by atoms with Crippen LogP contribution in [-0.2, 0) is 9.59 Å². The summed E-state index contributed by atoms with van der Waals surface area (Å²) in [6.45, 7) is 5.77. The van der Waals surface area contributed by atoms with Crippen molar-refractivity contribution < 1.29 is 29.0 Å². The predicted molar refractivity (Wildman–Crippen MR) is 134 cm³/mol. The first-order chi connectivity index (χ1) is 16.2. The number of nitrogens with one attached hydrogen (secondary N) is 1. The van der Waals surface area contributed by atoms with Gasteiger partial charge < -0.3 is 14.6 Å². The number of thiocarbonyl (C=S) groups is 1. The average molecular weight is 501 g/mol. The van der Waals surface area contributed by atoms with Gasteiger partial charge in [-0.05, 0) is 68.4 Å². The topological polar surface area (TPSA) is 105 Å². The number of amides is 2. The second kappa shape index (κ2) is 11.2. The molecule has 0 saturated carbocycles. The van der Waals surface area contributed by atoms with Gasteiger partial charge in [0.2, 0.25) is 0 Å². The van der Waals surface area contributed by atoms with Gasteiger partial charge in [0.15, 0.2) is 21.9 Å². The summed E-state index contributed by atoms with van der Waals surface area (Å²) in [5.74, 6) is -1.30. The largest absolute Gasteiger partial charge is 0.490 e. The van der Waals surface area contributed by atoms with Gasteiger partial charge in [-0.25, -0.2) is 4.79 Å². The number of rotatable bonds is 9. The van der Waals surface area contributed by atoms with E-state index in [4.69, 9.17) is 21.7 Å². The van der Waals surface area contributed by atoms with E-state index >= 15 is 0 Å². The first kappa shape index (κ1) is 25.3. The molecule has 1 heterocycles. The minimum atomic E-state index is -1.06. The van der Waals surface area contributed by atoms with Crippen LogP contribution in [0.25, 0.3) is 6.08 Å². The zero-order valence-corrected chi connectivity index (χ0v) is 20.5. The molecule has 0 spiro atoms. The van der Waals surface area contributed by atoms with Crippen molar-refractivity contribution in [3.05, 3.63) is 64.1 Å². The Balaban J connectivity index is 1.79. The average Bonchev–Trinajstić information content (AvgIpc) is 3.06. The molecule has 0 radical (unpaired) electrons. The van der Waals surface area contributed by atoms with Gasteiger partial charge in [0.05, 0.1) is 11.5 Å². The Morgan fingerprint density at radius 2 is 1.88 bits per heavy atom. The number of aliphatic carboxylic acids is 1. The number of carbonyl (C=O) groups excluding carboxylic acids is 2. The lowest BCUT2D eigenvalue weighted by Gasteiger charge is -2.17. The smallest absolute Gasteiger partial charge is 0.344 e. The zero-order valence-electron chi connectivity index (χ0n) is 18.9. The molecule has 0 aromatic heterocycles. The molecule has 1 atom stereocenters. The zero-order chi connectivity index (χ0) is 24.8. The summed E-state index contributed by atoms with van der Waals surface area (Å²) in [6, 6.07) is 11.9. The molecule has 2 aromatic carbocycles. The van der Waals surface area contributed by atoms with Crippen LogP contribution < -0.4 is 14.9 Å². The van der Waals surface area contributed by atoms with Crippen LogP contribution in [0.2, 0.25) is 0 Å². The van der Waals surface area contributed by atoms with Gasteiger partial charge >= 0.3 is 5.97 Å². The molecule has 0 bridgehead atoms. The van der Waals surface area contributed by atoms with Crippen molar-refractivity contribution in [2.24, 2.45) is 0 Å². The van der Waals surface area contributed by atoms with Gasteiger partial charge in [0, 0.05) is 5.56 Å². The molecule has 3 rings (SSSR count). The van der Waals surface area contributed by atoms with Crippen LogP contribution in [0.5, 0.6) is 11.5 Å². The van der Waals surface area contributed by atoms with E-state index < -0.39 is 23.9 Å². The molecular weight excluding hydrogens is 476 g/mol. The van der Waals surface area contributed by atoms with Gasteiger partial charge in [-0.1, -0.05) is 42.4 Å². The standard InChI is InChI=1S/C24H24N2O6S2/c1-4-17(23(29)30)32-18-11-8-15(12-19(18)31-5-2)13-20-22(28)26(24(33)34-20)25-21(27)16-9-6-14(3)7-10-16/h6-13,17H,4-5H2,1-3H3,(H,25,27)(H,29,30)/b20-13+. The molecule has 0 aliphatic carbocycles. The fraction of sp³-hybridized carbons (Fsp3) is 0.250. The number of aryl methyl sites for hydroxylation is 1. The summed E-state index contributed by atoms with van der Waals surface area (Å²) in [7, 11) is 0. The molecule has 2 aromatic rings. The van der Waals surface area contributed by atoms with Crippen molar-refractivity contribution >= 4 is 52.2 Å². The molecule has 1 saturated heterocycles. The molecule has 10 heteroatoms. The number of benzene rings is 2. The number of carbonyl (C=O) groups is 3. The number of thioether (sulfide) groups is 1. The first-order valence-corrected chi connectivity index (χ1v) is 11.8. The maximum atomic E-state index is 12.9. The molecule has 8 nitrogen and oxygen atoms in total. The highest BCUT2D eigenvalue weighted by atomic mass is 32.2. The fourth-order valence-electron chi connectivity index (χ4n) is 3.03. The number of hydrazine groups is 1. The SMILES string of the molecule is CCOc1cc(/C=C2/SC(=S)N(NC(=O)c3ccc(C)cc3)C2=O)ccc1OC(CC)C(=O)O. The highest BCUT2D eigenvalue weighted by Gasteiger charge is 2.34. The van der Waals surface area contributed by atoms with E-state index in [-0.39, 0.29) is 4.32 Å². The van der Waals surface area contributed by atoms with E-state index in [9.17, 15) is 19.5 Å². The van der Waals surface area contributed by atoms with Gasteiger partial charge in [-0.2, -0.15) is 5.01 Å². The fourth-order valence-corrected chi connectivity index (χ4v) is 4.21. The van der Waals surface area contributed by atoms with E-state index in [0.29, 0.717) is 40.6 Å². The second-order valence-corrected chi connectivity index (χ2v) is 8.99. The monoisotopic (exact) mass is 500 g/mol. The van der Waals surface area contributed by atoms with Crippen LogP contribution in [-0.4, -0.2) is 44.9 Å². The van der Waals surface area contributed by atoms with Gasteiger partial charge in [-0.15, -0.1) is 0 Å². The summed E-state index contributed by atoms with van der Waals surface area (Å²) < 4.78 is 11.4. The van der Waals surface area contributed by atoms with Gasteiger partial charge in [0.1, 0.15) is 0 Å². The summed E-state index contributed by atoms with van der Waals surface area (Å²) >= 11 is 6.35. The molecule has 34 heavy (non-hydrogen) atoms. The Labute approximate surface area is 206 Å². The number of carboxylic acid groups (broad SMARTS) is 1. The number of hydrogen-bond acceptors (Lipinski definition) is 7. The number of nitrogens with zero attached hydrogens (tertiary/aromatic N) is 1. The molecular formula is C24H24N2O6S2. The summed E-state index contributed by atoms with van der Waals surface area (Å²) in [5.41, 5.74) is 4.60. The summed E-state index contributed by atoms with van der Waals surface area (Å²) in [5, 5.41) is 10.3. The summed E-state index contributed by atoms with van der Waals surface area (Å²) in [4.78, 5) is 37.0.